The SMILES string of the molecule is c1ccc(-c2cn3ccc4c(-c5ccc(-c6ccc(-c7ccnc8c7ccc7cccnc78)c7cccnc67)cc5)nc5ccccc5c4c3n2)cc1. The Labute approximate surface area is 303 Å². The molecule has 6 heterocycles. The van der Waals surface area contributed by atoms with E-state index in [4.69, 9.17) is 19.9 Å². The van der Waals surface area contributed by atoms with Gasteiger partial charge in [0.2, 0.25) is 0 Å². The molecule has 0 saturated heterocycles. The van der Waals surface area contributed by atoms with E-state index in [-0.39, 0.29) is 0 Å². The van der Waals surface area contributed by atoms with Crippen molar-refractivity contribution in [3.63, 3.8) is 0 Å². The number of fused-ring (bicyclic) bond motifs is 9. The molecule has 0 bridgehead atoms. The van der Waals surface area contributed by atoms with Crippen LogP contribution in [0.3, 0.4) is 0 Å². The first-order valence-corrected chi connectivity index (χ1v) is 17.7. The van der Waals surface area contributed by atoms with Gasteiger partial charge in [-0.05, 0) is 47.0 Å². The Morgan fingerprint density at radius 3 is 2.04 bits per heavy atom. The lowest BCUT2D eigenvalue weighted by Crippen LogP contribution is -1.94. The average molecular weight is 677 g/mol. The number of benzene rings is 5. The molecule has 53 heavy (non-hydrogen) atoms. The van der Waals surface area contributed by atoms with Gasteiger partial charge >= 0.3 is 0 Å². The maximum atomic E-state index is 5.23. The monoisotopic (exact) mass is 676 g/mol. The van der Waals surface area contributed by atoms with Crippen molar-refractivity contribution < 1.29 is 0 Å². The molecule has 6 nitrogen and oxygen atoms in total. The van der Waals surface area contributed by atoms with Gasteiger partial charge in [-0.25, -0.2) is 9.97 Å². The van der Waals surface area contributed by atoms with Gasteiger partial charge in [-0.15, -0.1) is 0 Å². The van der Waals surface area contributed by atoms with E-state index < -0.39 is 0 Å². The van der Waals surface area contributed by atoms with Gasteiger partial charge in [0, 0.05) is 80.0 Å². The summed E-state index contributed by atoms with van der Waals surface area (Å²) in [5.74, 6) is 0. The zero-order chi connectivity index (χ0) is 34.9. The minimum Gasteiger partial charge on any atom is -0.306 e. The van der Waals surface area contributed by atoms with Crippen molar-refractivity contribution in [2.24, 2.45) is 0 Å². The zero-order valence-electron chi connectivity index (χ0n) is 28.3. The summed E-state index contributed by atoms with van der Waals surface area (Å²) >= 11 is 0. The average Bonchev–Trinajstić information content (AvgIpc) is 3.68. The fraction of sp³-hybridized carbons (Fsp3) is 0. The fourth-order valence-electron chi connectivity index (χ4n) is 7.88. The van der Waals surface area contributed by atoms with Gasteiger partial charge in [-0.3, -0.25) is 15.0 Å². The van der Waals surface area contributed by atoms with E-state index >= 15 is 0 Å². The molecular weight excluding hydrogens is 649 g/mol. The first-order valence-electron chi connectivity index (χ1n) is 17.7. The lowest BCUT2D eigenvalue weighted by Gasteiger charge is -2.14. The van der Waals surface area contributed by atoms with E-state index in [9.17, 15) is 0 Å². The van der Waals surface area contributed by atoms with E-state index in [2.05, 4.69) is 125 Å². The molecule has 0 aliphatic heterocycles. The summed E-state index contributed by atoms with van der Waals surface area (Å²) in [6.45, 7) is 0. The van der Waals surface area contributed by atoms with Gasteiger partial charge in [-0.1, -0.05) is 109 Å². The Hall–Kier alpha value is -7.31. The highest BCUT2D eigenvalue weighted by Gasteiger charge is 2.18. The van der Waals surface area contributed by atoms with Crippen molar-refractivity contribution in [2.45, 2.75) is 0 Å². The van der Waals surface area contributed by atoms with Crippen LogP contribution in [0, 0.1) is 0 Å². The zero-order valence-corrected chi connectivity index (χ0v) is 28.3. The van der Waals surface area contributed by atoms with Crippen LogP contribution in [0.1, 0.15) is 0 Å². The van der Waals surface area contributed by atoms with Crippen molar-refractivity contribution in [3.8, 4) is 44.8 Å². The van der Waals surface area contributed by atoms with Crippen LogP contribution < -0.4 is 0 Å². The third kappa shape index (κ3) is 4.63. The number of para-hydroxylation sites is 1. The summed E-state index contributed by atoms with van der Waals surface area (Å²) in [5, 5.41) is 6.48. The number of hydrogen-bond acceptors (Lipinski definition) is 5. The molecule has 0 aliphatic rings. The van der Waals surface area contributed by atoms with Crippen LogP contribution in [0.5, 0.6) is 0 Å². The summed E-state index contributed by atoms with van der Waals surface area (Å²) in [6.07, 6.45) is 9.78. The standard InChI is InChI=1S/C47H28N6/c1-2-8-30(9-3-1)41-28-53-27-23-39-42(47(53)52-41)38-11-4-5-13-40(38)51-43(39)32-16-14-29(15-17-32)33-20-21-34(36-12-7-25-49-45(33)36)35-22-26-50-46-37(35)19-18-31-10-6-24-48-44(31)46/h1-28H. The Balaban J connectivity index is 1.04. The van der Waals surface area contributed by atoms with Crippen molar-refractivity contribution in [3.05, 3.63) is 171 Å². The summed E-state index contributed by atoms with van der Waals surface area (Å²) in [6, 6.07) is 48.5. The van der Waals surface area contributed by atoms with Crippen LogP contribution in [0.2, 0.25) is 0 Å². The molecule has 0 spiro atoms. The molecule has 246 valence electrons. The van der Waals surface area contributed by atoms with Crippen molar-refractivity contribution in [1.82, 2.24) is 29.3 Å². The lowest BCUT2D eigenvalue weighted by atomic mass is 9.92. The molecule has 0 saturated carbocycles. The van der Waals surface area contributed by atoms with Crippen LogP contribution >= 0.6 is 0 Å². The molecule has 0 N–H and O–H groups in total. The summed E-state index contributed by atoms with van der Waals surface area (Å²) in [5.41, 5.74) is 13.0. The summed E-state index contributed by atoms with van der Waals surface area (Å²) in [4.78, 5) is 24.7. The molecule has 0 radical (unpaired) electrons. The van der Waals surface area contributed by atoms with E-state index in [0.29, 0.717) is 0 Å². The van der Waals surface area contributed by atoms with E-state index in [1.54, 1.807) is 0 Å². The molecule has 0 aliphatic carbocycles. The minimum absolute atomic E-state index is 0.900. The number of imidazole rings is 1. The number of rotatable bonds is 4. The number of hydrogen-bond donors (Lipinski definition) is 0. The van der Waals surface area contributed by atoms with Crippen LogP contribution in [0.4, 0.5) is 0 Å². The minimum atomic E-state index is 0.900. The van der Waals surface area contributed by atoms with Gasteiger partial charge in [0.1, 0.15) is 5.65 Å². The number of aromatic nitrogens is 6. The van der Waals surface area contributed by atoms with Gasteiger partial charge in [0.05, 0.1) is 33.5 Å². The molecule has 6 aromatic heterocycles. The second kappa shape index (κ2) is 11.6. The topological polar surface area (TPSA) is 68.9 Å². The second-order valence-corrected chi connectivity index (χ2v) is 13.3. The van der Waals surface area contributed by atoms with Crippen LogP contribution in [0.15, 0.2) is 171 Å². The first-order chi connectivity index (χ1) is 26.3. The Morgan fingerprint density at radius 2 is 1.13 bits per heavy atom. The van der Waals surface area contributed by atoms with Gasteiger partial charge in [-0.2, -0.15) is 0 Å². The maximum absolute atomic E-state index is 5.23. The van der Waals surface area contributed by atoms with Gasteiger partial charge in [0.15, 0.2) is 0 Å². The summed E-state index contributed by atoms with van der Waals surface area (Å²) in [7, 11) is 0. The van der Waals surface area contributed by atoms with Gasteiger partial charge < -0.3 is 4.40 Å². The largest absolute Gasteiger partial charge is 0.306 e. The highest BCUT2D eigenvalue weighted by molar-refractivity contribution is 6.17. The predicted octanol–water partition coefficient (Wildman–Crippen LogP) is 11.3. The van der Waals surface area contributed by atoms with Crippen molar-refractivity contribution >= 4 is 60.0 Å². The van der Waals surface area contributed by atoms with Crippen LogP contribution in [-0.4, -0.2) is 29.3 Å². The molecular formula is C47H28N6. The second-order valence-electron chi connectivity index (χ2n) is 13.3. The first kappa shape index (κ1) is 29.4. The normalized spacial score (nSPS) is 11.8. The third-order valence-electron chi connectivity index (χ3n) is 10.4. The molecule has 11 rings (SSSR count). The molecule has 11 aromatic rings. The van der Waals surface area contributed by atoms with Crippen molar-refractivity contribution in [1.29, 1.82) is 0 Å². The smallest absolute Gasteiger partial charge is 0.146 e. The van der Waals surface area contributed by atoms with Crippen LogP contribution in [-0.2, 0) is 0 Å². The number of nitrogens with zero attached hydrogens (tertiary/aromatic N) is 6. The molecule has 0 atom stereocenters. The Bertz CT molecular complexity index is 3220. The highest BCUT2D eigenvalue weighted by Crippen LogP contribution is 2.40. The maximum Gasteiger partial charge on any atom is 0.146 e. The molecule has 0 amide bonds. The van der Waals surface area contributed by atoms with Crippen molar-refractivity contribution in [2.75, 3.05) is 0 Å². The third-order valence-corrected chi connectivity index (χ3v) is 10.4. The van der Waals surface area contributed by atoms with Crippen LogP contribution in [0.25, 0.3) is 105 Å². The van der Waals surface area contributed by atoms with E-state index in [1.165, 1.54) is 0 Å². The Morgan fingerprint density at radius 1 is 0.415 bits per heavy atom. The lowest BCUT2D eigenvalue weighted by molar-refractivity contribution is 1.20. The quantitative estimate of drug-likeness (QED) is 0.174. The van der Waals surface area contributed by atoms with E-state index in [1.807, 2.05) is 55.0 Å². The highest BCUT2D eigenvalue weighted by atomic mass is 15.0. The molecule has 5 aromatic carbocycles. The number of pyridine rings is 5. The molecule has 0 unspecified atom stereocenters. The predicted molar refractivity (Wildman–Crippen MR) is 216 cm³/mol. The van der Waals surface area contributed by atoms with Gasteiger partial charge in [0.25, 0.3) is 0 Å². The fourth-order valence-corrected chi connectivity index (χ4v) is 7.88. The Kier molecular flexibility index (Phi) is 6.45. The van der Waals surface area contributed by atoms with E-state index in [0.717, 1.165) is 105 Å². The summed E-state index contributed by atoms with van der Waals surface area (Å²) < 4.78 is 2.12. The molecule has 6 heteroatoms. The molecule has 0 fully saturated rings.